The van der Waals surface area contributed by atoms with Gasteiger partial charge in [0.25, 0.3) is 0 Å². The van der Waals surface area contributed by atoms with Crippen LogP contribution < -0.4 is 5.73 Å². The fourth-order valence-electron chi connectivity index (χ4n) is 1.18. The van der Waals surface area contributed by atoms with Crippen molar-refractivity contribution < 1.29 is 0 Å². The molecule has 0 aliphatic rings. The molecule has 0 fully saturated rings. The summed E-state index contributed by atoms with van der Waals surface area (Å²) in [6.07, 6.45) is 1.03. The van der Waals surface area contributed by atoms with Crippen LogP contribution in [0.25, 0.3) is 0 Å². The third-order valence-corrected chi connectivity index (χ3v) is 2.71. The number of nitrogens with two attached hydrogens (primary N) is 1. The van der Waals surface area contributed by atoms with Crippen LogP contribution in [0.1, 0.15) is 25.8 Å². The van der Waals surface area contributed by atoms with Crippen LogP contribution in [0.3, 0.4) is 0 Å². The van der Waals surface area contributed by atoms with Crippen molar-refractivity contribution in [3.05, 3.63) is 29.8 Å². The smallest absolute Gasteiger partial charge is 0.122 e. The lowest BCUT2D eigenvalue weighted by atomic mass is 10.2. The number of nitrogens with zero attached hydrogens (tertiary/aromatic N) is 3. The number of halogens is 1. The molecule has 1 aromatic carbocycles. The second-order valence-corrected chi connectivity index (χ2v) is 3.98. The van der Waals surface area contributed by atoms with Gasteiger partial charge in [0.2, 0.25) is 0 Å². The third kappa shape index (κ3) is 4.71. The van der Waals surface area contributed by atoms with Gasteiger partial charge in [-0.25, -0.2) is 0 Å². The van der Waals surface area contributed by atoms with E-state index in [1.165, 1.54) is 0 Å². The average molecular weight is 270 g/mol. The highest BCUT2D eigenvalue weighted by molar-refractivity contribution is 5.95. The molecular formula is C12H20ClN5. The molecule has 0 aliphatic carbocycles. The molecule has 0 saturated carbocycles. The van der Waals surface area contributed by atoms with Gasteiger partial charge in [-0.1, -0.05) is 12.1 Å². The minimum absolute atomic E-state index is 0. The Kier molecular flexibility index (Phi) is 6.97. The first-order valence-corrected chi connectivity index (χ1v) is 5.63. The van der Waals surface area contributed by atoms with Crippen LogP contribution in [0.5, 0.6) is 0 Å². The van der Waals surface area contributed by atoms with Gasteiger partial charge >= 0.3 is 0 Å². The predicted molar refractivity (Wildman–Crippen MR) is 76.7 cm³/mol. The van der Waals surface area contributed by atoms with Crippen LogP contribution in [0.4, 0.5) is 5.69 Å². The molecule has 1 rings (SSSR count). The topological polar surface area (TPSA) is 77.8 Å². The van der Waals surface area contributed by atoms with Crippen LogP contribution in [0.2, 0.25) is 0 Å². The van der Waals surface area contributed by atoms with Crippen LogP contribution >= 0.6 is 12.4 Å². The van der Waals surface area contributed by atoms with Crippen LogP contribution in [-0.2, 0) is 0 Å². The Balaban J connectivity index is 0.00000289. The van der Waals surface area contributed by atoms with E-state index in [9.17, 15) is 0 Å². The van der Waals surface area contributed by atoms with Crippen molar-refractivity contribution in [3.8, 4) is 0 Å². The molecule has 0 saturated heterocycles. The van der Waals surface area contributed by atoms with Gasteiger partial charge in [-0.05, 0) is 37.6 Å². The van der Waals surface area contributed by atoms with E-state index in [-0.39, 0.29) is 18.2 Å². The molecule has 6 heteroatoms. The summed E-state index contributed by atoms with van der Waals surface area (Å²) >= 11 is 0. The molecule has 1 aromatic rings. The predicted octanol–water partition coefficient (Wildman–Crippen LogP) is 3.12. The third-order valence-electron chi connectivity index (χ3n) is 2.71. The van der Waals surface area contributed by atoms with Crippen molar-refractivity contribution in [2.75, 3.05) is 7.05 Å². The largest absolute Gasteiger partial charge is 0.384 e. The van der Waals surface area contributed by atoms with Gasteiger partial charge in [-0.3, -0.25) is 10.4 Å². The number of hydrogen-bond donors (Lipinski definition) is 2. The molecule has 1 unspecified atom stereocenters. The molecule has 0 bridgehead atoms. The Bertz CT molecular complexity index is 401. The summed E-state index contributed by atoms with van der Waals surface area (Å²) in [6.45, 7) is 4.20. The Morgan fingerprint density at radius 3 is 2.39 bits per heavy atom. The molecule has 0 amide bonds. The molecular weight excluding hydrogens is 250 g/mol. The monoisotopic (exact) mass is 269 g/mol. The van der Waals surface area contributed by atoms with E-state index < -0.39 is 0 Å². The van der Waals surface area contributed by atoms with Gasteiger partial charge < -0.3 is 5.73 Å². The van der Waals surface area contributed by atoms with Crippen molar-refractivity contribution in [3.63, 3.8) is 0 Å². The second kappa shape index (κ2) is 7.66. The minimum atomic E-state index is 0. The highest BCUT2D eigenvalue weighted by Gasteiger charge is 2.03. The van der Waals surface area contributed by atoms with Crippen molar-refractivity contribution in [2.45, 2.75) is 26.3 Å². The molecule has 0 aliphatic heterocycles. The van der Waals surface area contributed by atoms with Crippen molar-refractivity contribution >= 4 is 23.9 Å². The SMILES string of the molecule is CCC(C)N(C)N=Nc1ccc(C(=N)N)cc1.Cl. The van der Waals surface area contributed by atoms with E-state index in [0.29, 0.717) is 11.6 Å². The highest BCUT2D eigenvalue weighted by Crippen LogP contribution is 2.14. The first kappa shape index (κ1) is 16.4. The molecule has 18 heavy (non-hydrogen) atoms. The molecule has 3 N–H and O–H groups in total. The van der Waals surface area contributed by atoms with E-state index in [4.69, 9.17) is 11.1 Å². The molecule has 0 radical (unpaired) electrons. The first-order chi connectivity index (χ1) is 8.04. The maximum Gasteiger partial charge on any atom is 0.122 e. The fraction of sp³-hybridized carbons (Fsp3) is 0.417. The Hall–Kier alpha value is -1.62. The molecule has 5 nitrogen and oxygen atoms in total. The zero-order valence-electron chi connectivity index (χ0n) is 10.9. The number of amidine groups is 1. The Labute approximate surface area is 114 Å². The van der Waals surface area contributed by atoms with Crippen LogP contribution in [0.15, 0.2) is 34.6 Å². The first-order valence-electron chi connectivity index (χ1n) is 5.63. The average Bonchev–Trinajstić information content (AvgIpc) is 2.35. The van der Waals surface area contributed by atoms with Crippen molar-refractivity contribution in [1.29, 1.82) is 5.41 Å². The number of benzene rings is 1. The van der Waals surface area contributed by atoms with Gasteiger partial charge in [0.05, 0.1) is 5.69 Å². The number of hydrogen-bond acceptors (Lipinski definition) is 3. The van der Waals surface area contributed by atoms with E-state index in [2.05, 4.69) is 24.2 Å². The van der Waals surface area contributed by atoms with Gasteiger partial charge in [-0.15, -0.1) is 17.5 Å². The van der Waals surface area contributed by atoms with E-state index in [0.717, 1.165) is 12.1 Å². The quantitative estimate of drug-likeness (QED) is 0.373. The van der Waals surface area contributed by atoms with Gasteiger partial charge in [-0.2, -0.15) is 0 Å². The fourth-order valence-corrected chi connectivity index (χ4v) is 1.18. The van der Waals surface area contributed by atoms with E-state index >= 15 is 0 Å². The van der Waals surface area contributed by atoms with Crippen molar-refractivity contribution in [1.82, 2.24) is 5.01 Å². The minimum Gasteiger partial charge on any atom is -0.384 e. The molecule has 0 heterocycles. The summed E-state index contributed by atoms with van der Waals surface area (Å²) in [5.41, 5.74) is 6.81. The summed E-state index contributed by atoms with van der Waals surface area (Å²) in [5, 5.41) is 17.3. The summed E-state index contributed by atoms with van der Waals surface area (Å²) in [7, 11) is 1.90. The standard InChI is InChI=1S/C12H19N5.ClH/c1-4-9(2)17(3)16-15-11-7-5-10(6-8-11)12(13)14;/h5-9H,4H2,1-3H3,(H3,13,14);1H. The molecule has 0 aromatic heterocycles. The molecule has 1 atom stereocenters. The number of nitrogens with one attached hydrogen (secondary N) is 1. The zero-order valence-corrected chi connectivity index (χ0v) is 11.7. The normalized spacial score (nSPS) is 11.9. The van der Waals surface area contributed by atoms with Crippen molar-refractivity contribution in [2.24, 2.45) is 16.1 Å². The lowest BCUT2D eigenvalue weighted by Crippen LogP contribution is -2.22. The van der Waals surface area contributed by atoms with Crippen LogP contribution in [0, 0.1) is 5.41 Å². The summed E-state index contributed by atoms with van der Waals surface area (Å²) in [6, 6.07) is 7.49. The maximum atomic E-state index is 7.27. The number of nitrogen functional groups attached to an aromatic ring is 1. The zero-order chi connectivity index (χ0) is 12.8. The highest BCUT2D eigenvalue weighted by atomic mass is 35.5. The lowest BCUT2D eigenvalue weighted by Gasteiger charge is -2.18. The molecule has 100 valence electrons. The summed E-state index contributed by atoms with van der Waals surface area (Å²) in [5.74, 6) is 0.0604. The van der Waals surface area contributed by atoms with Gasteiger partial charge in [0.1, 0.15) is 5.84 Å². The Morgan fingerprint density at radius 2 is 1.94 bits per heavy atom. The number of rotatable bonds is 5. The van der Waals surface area contributed by atoms with Gasteiger partial charge in [0.15, 0.2) is 0 Å². The lowest BCUT2D eigenvalue weighted by molar-refractivity contribution is 0.248. The second-order valence-electron chi connectivity index (χ2n) is 3.98. The van der Waals surface area contributed by atoms with E-state index in [1.54, 1.807) is 24.3 Å². The Morgan fingerprint density at radius 1 is 1.39 bits per heavy atom. The van der Waals surface area contributed by atoms with E-state index in [1.807, 2.05) is 12.1 Å². The van der Waals surface area contributed by atoms with Gasteiger partial charge in [0, 0.05) is 18.7 Å². The maximum absolute atomic E-state index is 7.27. The summed E-state index contributed by atoms with van der Waals surface area (Å²) in [4.78, 5) is 0. The van der Waals surface area contributed by atoms with Crippen LogP contribution in [-0.4, -0.2) is 23.9 Å². The summed E-state index contributed by atoms with van der Waals surface area (Å²) < 4.78 is 0. The molecule has 0 spiro atoms.